The molecule has 88 valence electrons. The van der Waals surface area contributed by atoms with Crippen molar-refractivity contribution < 1.29 is 9.21 Å². The van der Waals surface area contributed by atoms with E-state index in [4.69, 9.17) is 4.42 Å². The smallest absolute Gasteiger partial charge is 0.267 e. The predicted octanol–water partition coefficient (Wildman–Crippen LogP) is 1.61. The van der Waals surface area contributed by atoms with Gasteiger partial charge >= 0.3 is 0 Å². The van der Waals surface area contributed by atoms with Crippen molar-refractivity contribution in [2.24, 2.45) is 0 Å². The quantitative estimate of drug-likeness (QED) is 0.627. The fourth-order valence-corrected chi connectivity index (χ4v) is 1.87. The molecular formula is C11H9IN2O3. The van der Waals surface area contributed by atoms with Gasteiger partial charge in [-0.2, -0.15) is 0 Å². The molecule has 0 aliphatic carbocycles. The molecule has 2 rings (SSSR count). The zero-order chi connectivity index (χ0) is 12.4. The first kappa shape index (κ1) is 12.0. The molecule has 2 aromatic heterocycles. The van der Waals surface area contributed by atoms with Gasteiger partial charge in [0.05, 0.1) is 10.1 Å². The Morgan fingerprint density at radius 1 is 1.53 bits per heavy atom. The number of carbonyl (C=O) groups is 1. The van der Waals surface area contributed by atoms with E-state index in [1.807, 2.05) is 22.6 Å². The standard InChI is InChI=1S/C11H9IN2O3/c1-7-13-4-10(12)11(16)14(7)5-8-2-3-9(6-15)17-8/h2-4,6H,5H2,1H3. The van der Waals surface area contributed by atoms with E-state index in [2.05, 4.69) is 4.98 Å². The van der Waals surface area contributed by atoms with Crippen LogP contribution in [0.2, 0.25) is 0 Å². The lowest BCUT2D eigenvalue weighted by atomic mass is 10.4. The third-order valence-electron chi connectivity index (χ3n) is 2.32. The monoisotopic (exact) mass is 344 g/mol. The van der Waals surface area contributed by atoms with Crippen LogP contribution in [0, 0.1) is 10.5 Å². The van der Waals surface area contributed by atoms with Gasteiger partial charge in [-0.1, -0.05) is 0 Å². The SMILES string of the molecule is Cc1ncc(I)c(=O)n1Cc1ccc(C=O)o1. The zero-order valence-corrected chi connectivity index (χ0v) is 11.2. The van der Waals surface area contributed by atoms with Gasteiger partial charge in [0.1, 0.15) is 11.6 Å². The van der Waals surface area contributed by atoms with Crippen molar-refractivity contribution in [3.05, 3.63) is 49.6 Å². The van der Waals surface area contributed by atoms with Crippen molar-refractivity contribution in [3.8, 4) is 0 Å². The van der Waals surface area contributed by atoms with E-state index in [9.17, 15) is 9.59 Å². The second-order valence-electron chi connectivity index (χ2n) is 3.47. The van der Waals surface area contributed by atoms with Gasteiger partial charge in [-0.25, -0.2) is 4.98 Å². The number of rotatable bonds is 3. The number of aryl methyl sites for hydroxylation is 1. The molecule has 17 heavy (non-hydrogen) atoms. The second-order valence-corrected chi connectivity index (χ2v) is 4.63. The molecular weight excluding hydrogens is 335 g/mol. The van der Waals surface area contributed by atoms with Crippen LogP contribution < -0.4 is 5.56 Å². The average Bonchev–Trinajstić information content (AvgIpc) is 2.77. The lowest BCUT2D eigenvalue weighted by Gasteiger charge is -2.07. The van der Waals surface area contributed by atoms with E-state index in [1.54, 1.807) is 19.1 Å². The number of hydrogen-bond acceptors (Lipinski definition) is 4. The van der Waals surface area contributed by atoms with E-state index in [0.29, 0.717) is 21.4 Å². The zero-order valence-electron chi connectivity index (χ0n) is 9.01. The van der Waals surface area contributed by atoms with Gasteiger partial charge in [-0.3, -0.25) is 14.2 Å². The van der Waals surface area contributed by atoms with Crippen LogP contribution in [0.4, 0.5) is 0 Å². The molecule has 0 N–H and O–H groups in total. The first-order chi connectivity index (χ1) is 8.11. The maximum atomic E-state index is 11.9. The number of carbonyl (C=O) groups excluding carboxylic acids is 1. The van der Waals surface area contributed by atoms with Crippen LogP contribution in [0.5, 0.6) is 0 Å². The van der Waals surface area contributed by atoms with Crippen LogP contribution in [0.15, 0.2) is 27.5 Å². The molecule has 2 aromatic rings. The van der Waals surface area contributed by atoms with E-state index in [1.165, 1.54) is 10.8 Å². The Morgan fingerprint density at radius 2 is 2.29 bits per heavy atom. The highest BCUT2D eigenvalue weighted by atomic mass is 127. The highest BCUT2D eigenvalue weighted by Crippen LogP contribution is 2.08. The van der Waals surface area contributed by atoms with Crippen LogP contribution in [0.25, 0.3) is 0 Å². The third kappa shape index (κ3) is 2.46. The molecule has 0 aliphatic heterocycles. The average molecular weight is 344 g/mol. The number of halogens is 1. The van der Waals surface area contributed by atoms with Crippen molar-refractivity contribution >= 4 is 28.9 Å². The summed E-state index contributed by atoms with van der Waals surface area (Å²) in [4.78, 5) is 26.5. The summed E-state index contributed by atoms with van der Waals surface area (Å²) >= 11 is 1.94. The normalized spacial score (nSPS) is 10.5. The largest absolute Gasteiger partial charge is 0.456 e. The Labute approximate surface area is 111 Å². The Morgan fingerprint density at radius 3 is 2.94 bits per heavy atom. The molecule has 0 saturated carbocycles. The number of aldehydes is 1. The van der Waals surface area contributed by atoms with Gasteiger partial charge in [-0.05, 0) is 41.6 Å². The molecule has 0 unspecified atom stereocenters. The van der Waals surface area contributed by atoms with Crippen molar-refractivity contribution in [1.29, 1.82) is 0 Å². The third-order valence-corrected chi connectivity index (χ3v) is 3.06. The summed E-state index contributed by atoms with van der Waals surface area (Å²) in [6.07, 6.45) is 2.17. The molecule has 0 aromatic carbocycles. The first-order valence-electron chi connectivity index (χ1n) is 4.87. The van der Waals surface area contributed by atoms with Gasteiger partial charge in [-0.15, -0.1) is 0 Å². The molecule has 2 heterocycles. The van der Waals surface area contributed by atoms with Gasteiger partial charge in [0.15, 0.2) is 12.0 Å². The summed E-state index contributed by atoms with van der Waals surface area (Å²) in [6.45, 7) is 2.03. The lowest BCUT2D eigenvalue weighted by molar-refractivity contribution is 0.109. The van der Waals surface area contributed by atoms with Crippen LogP contribution in [-0.4, -0.2) is 15.8 Å². The van der Waals surface area contributed by atoms with E-state index in [-0.39, 0.29) is 17.9 Å². The van der Waals surface area contributed by atoms with E-state index >= 15 is 0 Å². The molecule has 0 amide bonds. The molecule has 0 aliphatic rings. The molecule has 0 spiro atoms. The van der Waals surface area contributed by atoms with Gasteiger partial charge in [0.25, 0.3) is 5.56 Å². The minimum Gasteiger partial charge on any atom is -0.456 e. The Hall–Kier alpha value is -1.44. The molecule has 0 radical (unpaired) electrons. The highest BCUT2D eigenvalue weighted by molar-refractivity contribution is 14.1. The first-order valence-corrected chi connectivity index (χ1v) is 5.95. The number of hydrogen-bond donors (Lipinski definition) is 0. The summed E-state index contributed by atoms with van der Waals surface area (Å²) in [7, 11) is 0. The van der Waals surface area contributed by atoms with Crippen LogP contribution in [0.3, 0.4) is 0 Å². The maximum Gasteiger partial charge on any atom is 0.267 e. The lowest BCUT2D eigenvalue weighted by Crippen LogP contribution is -2.25. The highest BCUT2D eigenvalue weighted by Gasteiger charge is 2.08. The van der Waals surface area contributed by atoms with Crippen molar-refractivity contribution in [3.63, 3.8) is 0 Å². The molecule has 0 saturated heterocycles. The number of furan rings is 1. The molecule has 5 nitrogen and oxygen atoms in total. The topological polar surface area (TPSA) is 65.1 Å². The Bertz CT molecular complexity index is 615. The molecule has 6 heteroatoms. The summed E-state index contributed by atoms with van der Waals surface area (Å²) < 4.78 is 7.29. The predicted molar refractivity (Wildman–Crippen MR) is 69.1 cm³/mol. The fourth-order valence-electron chi connectivity index (χ4n) is 1.44. The van der Waals surface area contributed by atoms with Gasteiger partial charge in [0.2, 0.25) is 0 Å². The maximum absolute atomic E-state index is 11.9. The van der Waals surface area contributed by atoms with Crippen molar-refractivity contribution in [2.45, 2.75) is 13.5 Å². The molecule has 0 fully saturated rings. The minimum atomic E-state index is -0.109. The Kier molecular flexibility index (Phi) is 3.41. The van der Waals surface area contributed by atoms with Crippen molar-refractivity contribution in [1.82, 2.24) is 9.55 Å². The second kappa shape index (κ2) is 4.82. The molecule has 0 atom stereocenters. The van der Waals surface area contributed by atoms with Crippen molar-refractivity contribution in [2.75, 3.05) is 0 Å². The van der Waals surface area contributed by atoms with Gasteiger partial charge < -0.3 is 4.42 Å². The summed E-state index contributed by atoms with van der Waals surface area (Å²) in [5, 5.41) is 0. The van der Waals surface area contributed by atoms with Crippen LogP contribution in [0.1, 0.15) is 22.1 Å². The summed E-state index contributed by atoms with van der Waals surface area (Å²) in [5.41, 5.74) is -0.109. The van der Waals surface area contributed by atoms with E-state index in [0.717, 1.165) is 0 Å². The number of aromatic nitrogens is 2. The van der Waals surface area contributed by atoms with E-state index < -0.39 is 0 Å². The van der Waals surface area contributed by atoms with Crippen LogP contribution in [-0.2, 0) is 6.54 Å². The summed E-state index contributed by atoms with van der Waals surface area (Å²) in [5.74, 6) is 1.42. The molecule has 0 bridgehead atoms. The number of nitrogens with zero attached hydrogens (tertiary/aromatic N) is 2. The van der Waals surface area contributed by atoms with Gasteiger partial charge in [0, 0.05) is 6.20 Å². The fraction of sp³-hybridized carbons (Fsp3) is 0.182. The Balaban J connectivity index is 2.39. The van der Waals surface area contributed by atoms with Crippen LogP contribution >= 0.6 is 22.6 Å². The summed E-state index contributed by atoms with van der Waals surface area (Å²) in [6, 6.07) is 3.25. The minimum absolute atomic E-state index is 0.109.